The van der Waals surface area contributed by atoms with Gasteiger partial charge in [0.05, 0.1) is 20.8 Å². The van der Waals surface area contributed by atoms with Crippen molar-refractivity contribution in [3.63, 3.8) is 0 Å². The van der Waals surface area contributed by atoms with Crippen molar-refractivity contribution in [3.8, 4) is 11.5 Å². The number of nitrogens with zero attached hydrogens (tertiary/aromatic N) is 3. The summed E-state index contributed by atoms with van der Waals surface area (Å²) in [4.78, 5) is 34.4. The molecule has 28 heavy (non-hydrogen) atoms. The van der Waals surface area contributed by atoms with Gasteiger partial charge in [-0.15, -0.1) is 0 Å². The molecule has 0 spiro atoms. The number of amides is 1. The molecule has 1 saturated heterocycles. The molecule has 0 atom stereocenters. The third-order valence-corrected chi connectivity index (χ3v) is 5.23. The third kappa shape index (κ3) is 4.00. The molecule has 3 rings (SSSR count). The molecule has 1 aliphatic rings. The van der Waals surface area contributed by atoms with Crippen LogP contribution in [-0.4, -0.2) is 32.0 Å². The molecule has 11 heteroatoms. The lowest BCUT2D eigenvalue weighted by atomic mass is 10.2. The van der Waals surface area contributed by atoms with Crippen molar-refractivity contribution < 1.29 is 19.4 Å². The lowest BCUT2D eigenvalue weighted by molar-refractivity contribution is -0.394. The van der Waals surface area contributed by atoms with Crippen LogP contribution in [0.2, 0.25) is 0 Å². The van der Waals surface area contributed by atoms with Crippen LogP contribution in [0.15, 0.2) is 47.4 Å². The van der Waals surface area contributed by atoms with E-state index in [-0.39, 0.29) is 11.7 Å². The van der Waals surface area contributed by atoms with Gasteiger partial charge in [0.1, 0.15) is 10.1 Å². The molecule has 2 aromatic rings. The van der Waals surface area contributed by atoms with Gasteiger partial charge in [0.25, 0.3) is 11.6 Å². The van der Waals surface area contributed by atoms with E-state index < -0.39 is 21.2 Å². The van der Waals surface area contributed by atoms with E-state index >= 15 is 0 Å². The first-order chi connectivity index (χ1) is 13.3. The molecule has 142 valence electrons. The number of rotatable bonds is 5. The number of carbonyl (C=O) groups is 1. The Hall–Kier alpha value is -3.31. The van der Waals surface area contributed by atoms with Gasteiger partial charge in [0.2, 0.25) is 5.75 Å². The van der Waals surface area contributed by atoms with Gasteiger partial charge in [-0.25, -0.2) is 0 Å². The van der Waals surface area contributed by atoms with E-state index in [1.165, 1.54) is 22.7 Å². The molecule has 0 aromatic heterocycles. The van der Waals surface area contributed by atoms with E-state index in [1.54, 1.807) is 37.4 Å². The first-order valence-corrected chi connectivity index (χ1v) is 8.91. The molecule has 0 saturated carbocycles. The Bertz CT molecular complexity index is 1040. The molecule has 9 nitrogen and oxygen atoms in total. The second-order valence-corrected chi connectivity index (χ2v) is 7.25. The number of nitro groups is 2. The Labute approximate surface area is 167 Å². The van der Waals surface area contributed by atoms with Crippen LogP contribution < -0.4 is 4.74 Å². The third-order valence-electron chi connectivity index (χ3n) is 3.74. The summed E-state index contributed by atoms with van der Waals surface area (Å²) in [5.41, 5.74) is -0.188. The summed E-state index contributed by atoms with van der Waals surface area (Å²) in [6.45, 7) is 0. The second-order valence-electron chi connectivity index (χ2n) is 5.58. The molecular formula is C17H11N3O6S2. The summed E-state index contributed by atoms with van der Waals surface area (Å²) in [5, 5.41) is 22.0. The largest absolute Gasteiger partial charge is 0.450 e. The van der Waals surface area contributed by atoms with Crippen molar-refractivity contribution in [2.45, 2.75) is 0 Å². The number of carbonyl (C=O) groups excluding carboxylic acids is 1. The fraction of sp³-hybridized carbons (Fsp3) is 0.0588. The number of ether oxygens (including phenoxy) is 1. The van der Waals surface area contributed by atoms with Gasteiger partial charge in [-0.05, 0) is 29.8 Å². The van der Waals surface area contributed by atoms with Crippen LogP contribution >= 0.6 is 24.0 Å². The smallest absolute Gasteiger partial charge is 0.318 e. The highest BCUT2D eigenvalue weighted by molar-refractivity contribution is 8.26. The van der Waals surface area contributed by atoms with E-state index in [4.69, 9.17) is 17.0 Å². The summed E-state index contributed by atoms with van der Waals surface area (Å²) < 4.78 is 5.97. The Kier molecular flexibility index (Phi) is 5.38. The number of nitro benzene ring substituents is 2. The quantitative estimate of drug-likeness (QED) is 0.309. The van der Waals surface area contributed by atoms with Crippen LogP contribution in [0.4, 0.5) is 11.4 Å². The average Bonchev–Trinajstić information content (AvgIpc) is 2.90. The number of benzene rings is 2. The first-order valence-electron chi connectivity index (χ1n) is 7.68. The molecule has 0 unspecified atom stereocenters. The lowest BCUT2D eigenvalue weighted by Crippen LogP contribution is -2.22. The number of thioether (sulfide) groups is 1. The molecule has 1 fully saturated rings. The van der Waals surface area contributed by atoms with E-state index in [0.717, 1.165) is 17.7 Å². The predicted octanol–water partition coefficient (Wildman–Crippen LogP) is 4.13. The van der Waals surface area contributed by atoms with E-state index in [1.807, 2.05) is 0 Å². The van der Waals surface area contributed by atoms with Crippen LogP contribution in [0.25, 0.3) is 6.08 Å². The standard InChI is InChI=1S/C17H11N3O6S2/c1-18-16(21)15(28-17(18)27)8-10-2-5-12(6-3-10)26-14-7-4-11(19(22)23)9-13(14)20(24)25/h2-9H,1H3. The molecule has 0 aliphatic carbocycles. The normalized spacial score (nSPS) is 15.2. The number of thiocarbonyl (C=S) groups is 1. The molecule has 0 bridgehead atoms. The van der Waals surface area contributed by atoms with Crippen LogP contribution in [0.1, 0.15) is 5.56 Å². The molecule has 2 aromatic carbocycles. The van der Waals surface area contributed by atoms with E-state index in [9.17, 15) is 25.0 Å². The average molecular weight is 417 g/mol. The summed E-state index contributed by atoms with van der Waals surface area (Å²) in [7, 11) is 1.60. The number of hydrogen-bond donors (Lipinski definition) is 0. The SMILES string of the molecule is CN1C(=O)C(=Cc2ccc(Oc3ccc([N+](=O)[O-])cc3[N+](=O)[O-])cc2)SC1=S. The molecule has 0 radical (unpaired) electrons. The van der Waals surface area contributed by atoms with Crippen molar-refractivity contribution in [2.75, 3.05) is 7.05 Å². The van der Waals surface area contributed by atoms with Gasteiger partial charge < -0.3 is 4.74 Å². The van der Waals surface area contributed by atoms with Crippen molar-refractivity contribution >= 4 is 51.7 Å². The minimum Gasteiger partial charge on any atom is -0.450 e. The topological polar surface area (TPSA) is 116 Å². The Morgan fingerprint density at radius 3 is 2.32 bits per heavy atom. The van der Waals surface area contributed by atoms with Crippen LogP contribution in [0.5, 0.6) is 11.5 Å². The highest BCUT2D eigenvalue weighted by Crippen LogP contribution is 2.35. The van der Waals surface area contributed by atoms with Gasteiger partial charge in [0, 0.05) is 13.1 Å². The van der Waals surface area contributed by atoms with Gasteiger partial charge in [-0.1, -0.05) is 36.1 Å². The maximum absolute atomic E-state index is 12.0. The summed E-state index contributed by atoms with van der Waals surface area (Å²) in [6.07, 6.45) is 1.68. The Morgan fingerprint density at radius 1 is 1.11 bits per heavy atom. The highest BCUT2D eigenvalue weighted by atomic mass is 32.2. The number of likely N-dealkylation sites (N-methyl/N-ethyl adjacent to an activating group) is 1. The highest BCUT2D eigenvalue weighted by Gasteiger charge is 2.28. The summed E-state index contributed by atoms with van der Waals surface area (Å²) in [6, 6.07) is 9.65. The van der Waals surface area contributed by atoms with Crippen LogP contribution in [0, 0.1) is 20.2 Å². The fourth-order valence-electron chi connectivity index (χ4n) is 2.30. The van der Waals surface area contributed by atoms with Gasteiger partial charge in [-0.3, -0.25) is 29.9 Å². The number of hydrogen-bond acceptors (Lipinski definition) is 8. The minimum absolute atomic E-state index is 0.116. The molecule has 1 amide bonds. The summed E-state index contributed by atoms with van der Waals surface area (Å²) in [5.74, 6) is 0.00387. The van der Waals surface area contributed by atoms with E-state index in [0.29, 0.717) is 15.0 Å². The Balaban J connectivity index is 1.82. The zero-order valence-electron chi connectivity index (χ0n) is 14.2. The minimum atomic E-state index is -0.747. The summed E-state index contributed by atoms with van der Waals surface area (Å²) >= 11 is 6.27. The maximum atomic E-state index is 12.0. The number of non-ortho nitro benzene ring substituents is 1. The fourth-order valence-corrected chi connectivity index (χ4v) is 3.48. The van der Waals surface area contributed by atoms with Crippen molar-refractivity contribution in [3.05, 3.63) is 73.2 Å². The zero-order valence-corrected chi connectivity index (χ0v) is 15.9. The monoisotopic (exact) mass is 417 g/mol. The van der Waals surface area contributed by atoms with Crippen LogP contribution in [0.3, 0.4) is 0 Å². The van der Waals surface area contributed by atoms with Crippen molar-refractivity contribution in [2.24, 2.45) is 0 Å². The van der Waals surface area contributed by atoms with Gasteiger partial charge in [-0.2, -0.15) is 0 Å². The Morgan fingerprint density at radius 2 is 1.79 bits per heavy atom. The van der Waals surface area contributed by atoms with Crippen molar-refractivity contribution in [1.82, 2.24) is 4.90 Å². The van der Waals surface area contributed by atoms with Gasteiger partial charge >= 0.3 is 5.69 Å². The first kappa shape index (κ1) is 19.5. The molecule has 1 heterocycles. The van der Waals surface area contributed by atoms with Gasteiger partial charge in [0.15, 0.2) is 0 Å². The molecular weight excluding hydrogens is 406 g/mol. The van der Waals surface area contributed by atoms with Crippen LogP contribution in [-0.2, 0) is 4.79 Å². The maximum Gasteiger partial charge on any atom is 0.318 e. The zero-order chi connectivity index (χ0) is 20.4. The lowest BCUT2D eigenvalue weighted by Gasteiger charge is -2.07. The molecule has 1 aliphatic heterocycles. The second kappa shape index (κ2) is 7.74. The molecule has 0 N–H and O–H groups in total. The van der Waals surface area contributed by atoms with E-state index in [2.05, 4.69) is 0 Å². The predicted molar refractivity (Wildman–Crippen MR) is 107 cm³/mol. The van der Waals surface area contributed by atoms with Crippen molar-refractivity contribution in [1.29, 1.82) is 0 Å².